The quantitative estimate of drug-likeness (QED) is 0.300. The second kappa shape index (κ2) is 7.99. The van der Waals surface area contributed by atoms with E-state index < -0.39 is 0 Å². The second-order valence-corrected chi connectivity index (χ2v) is 6.06. The standard InChI is InChI=1S/C20H19As.HI/c21-16-20(17-10-4-1-5-11-17,18-12-6-2-7-13-18)19-14-8-3-9-15-19;/h1-15H,16,21H2;1H. The van der Waals surface area contributed by atoms with Crippen LogP contribution in [0.2, 0.25) is 5.21 Å². The number of hydrogen-bond acceptors (Lipinski definition) is 0. The first-order valence-electron chi connectivity index (χ1n) is 7.24. The molecule has 1 atom stereocenters. The molecule has 1 unspecified atom stereocenters. The molecule has 0 aliphatic carbocycles. The fraction of sp³-hybridized carbons (Fsp3) is 0.100. The molecule has 0 radical (unpaired) electrons. The molecule has 2 heteroatoms. The normalized spacial score (nSPS) is 10.8. The summed E-state index contributed by atoms with van der Waals surface area (Å²) in [5.41, 5.74) is 4.05. The van der Waals surface area contributed by atoms with E-state index in [1.54, 1.807) is 16.9 Å². The average Bonchev–Trinajstić information content (AvgIpc) is 2.59. The Bertz CT molecular complexity index is 584. The van der Waals surface area contributed by atoms with Gasteiger partial charge >= 0.3 is 135 Å². The van der Waals surface area contributed by atoms with Crippen LogP contribution in [0.1, 0.15) is 16.7 Å². The summed E-state index contributed by atoms with van der Waals surface area (Å²) in [6.07, 6.45) is 0. The van der Waals surface area contributed by atoms with Gasteiger partial charge in [-0.05, 0) is 0 Å². The number of hydrogen-bond donors (Lipinski definition) is 0. The molecule has 3 aromatic rings. The maximum absolute atomic E-state index is 2.25. The maximum atomic E-state index is 2.25. The summed E-state index contributed by atoms with van der Waals surface area (Å²) in [6, 6.07) is 32.6. The Morgan fingerprint density at radius 1 is 0.545 bits per heavy atom. The van der Waals surface area contributed by atoms with E-state index in [0.29, 0.717) is 0 Å². The summed E-state index contributed by atoms with van der Waals surface area (Å²) in [7, 11) is 0. The van der Waals surface area contributed by atoms with Crippen LogP contribution in [0.3, 0.4) is 0 Å². The fourth-order valence-corrected chi connectivity index (χ4v) is 4.51. The molecule has 112 valence electrons. The van der Waals surface area contributed by atoms with Crippen molar-refractivity contribution in [3.63, 3.8) is 0 Å². The molecule has 0 bridgehead atoms. The van der Waals surface area contributed by atoms with Crippen LogP contribution in [0.15, 0.2) is 91.0 Å². The second-order valence-electron chi connectivity index (χ2n) is 5.21. The van der Waals surface area contributed by atoms with E-state index in [2.05, 4.69) is 91.0 Å². The molecule has 22 heavy (non-hydrogen) atoms. The molecular weight excluding hydrogens is 442 g/mol. The van der Waals surface area contributed by atoms with Crippen LogP contribution in [0.25, 0.3) is 0 Å². The van der Waals surface area contributed by atoms with Gasteiger partial charge in [0.1, 0.15) is 0 Å². The first-order valence-corrected chi connectivity index (χ1v) is 8.96. The van der Waals surface area contributed by atoms with E-state index in [1.165, 1.54) is 16.7 Å². The first kappa shape index (κ1) is 17.3. The minimum atomic E-state index is -0.0518. The van der Waals surface area contributed by atoms with Gasteiger partial charge in [0, 0.05) is 0 Å². The van der Waals surface area contributed by atoms with Crippen molar-refractivity contribution in [3.8, 4) is 0 Å². The molecule has 0 saturated carbocycles. The Hall–Kier alpha value is -1.05. The van der Waals surface area contributed by atoms with E-state index in [9.17, 15) is 0 Å². The monoisotopic (exact) mass is 462 g/mol. The van der Waals surface area contributed by atoms with E-state index in [-0.39, 0.29) is 29.4 Å². The number of rotatable bonds is 4. The van der Waals surface area contributed by atoms with Crippen LogP contribution in [-0.2, 0) is 5.41 Å². The van der Waals surface area contributed by atoms with Crippen molar-refractivity contribution >= 4 is 40.8 Å². The molecule has 0 aromatic heterocycles. The van der Waals surface area contributed by atoms with Crippen LogP contribution in [0.4, 0.5) is 0 Å². The van der Waals surface area contributed by atoms with Gasteiger partial charge in [0.2, 0.25) is 0 Å². The Morgan fingerprint density at radius 3 is 1.05 bits per heavy atom. The average molecular weight is 462 g/mol. The van der Waals surface area contributed by atoms with E-state index in [1.807, 2.05) is 0 Å². The zero-order valence-electron chi connectivity index (χ0n) is 12.4. The van der Waals surface area contributed by atoms with Crippen molar-refractivity contribution in [2.45, 2.75) is 10.6 Å². The van der Waals surface area contributed by atoms with Gasteiger partial charge in [0.25, 0.3) is 0 Å². The molecule has 0 nitrogen and oxygen atoms in total. The molecule has 0 aliphatic heterocycles. The van der Waals surface area contributed by atoms with Crippen LogP contribution in [-0.4, -0.2) is 16.9 Å². The van der Waals surface area contributed by atoms with Crippen molar-refractivity contribution in [1.29, 1.82) is 0 Å². The molecule has 3 rings (SSSR count). The van der Waals surface area contributed by atoms with Gasteiger partial charge in [0.05, 0.1) is 0 Å². The van der Waals surface area contributed by atoms with Gasteiger partial charge < -0.3 is 0 Å². The molecule has 0 spiro atoms. The van der Waals surface area contributed by atoms with E-state index in [4.69, 9.17) is 0 Å². The van der Waals surface area contributed by atoms with Gasteiger partial charge in [-0.1, -0.05) is 0 Å². The Kier molecular flexibility index (Phi) is 6.28. The SMILES string of the molecule is I.[AsH2]CC(c1ccccc1)(c1ccccc1)c1ccccc1. The zero-order chi connectivity index (χ0) is 14.5. The zero-order valence-corrected chi connectivity index (χ0v) is 17.1. The van der Waals surface area contributed by atoms with Crippen LogP contribution >= 0.6 is 24.0 Å². The fourth-order valence-electron chi connectivity index (χ4n) is 3.02. The Balaban J connectivity index is 0.00000176. The molecule has 0 heterocycles. The van der Waals surface area contributed by atoms with Crippen LogP contribution in [0.5, 0.6) is 0 Å². The summed E-state index contributed by atoms with van der Waals surface area (Å²) in [6.45, 7) is 0. The molecule has 0 aliphatic rings. The van der Waals surface area contributed by atoms with Gasteiger partial charge in [-0.3, -0.25) is 0 Å². The first-order chi connectivity index (χ1) is 10.4. The predicted molar refractivity (Wildman–Crippen MR) is 108 cm³/mol. The van der Waals surface area contributed by atoms with Gasteiger partial charge in [-0.2, -0.15) is 0 Å². The third kappa shape index (κ3) is 3.16. The summed E-state index contributed by atoms with van der Waals surface area (Å²) < 4.78 is 0. The summed E-state index contributed by atoms with van der Waals surface area (Å²) in [5, 5.41) is 1.10. The molecule has 0 fully saturated rings. The topological polar surface area (TPSA) is 0 Å². The van der Waals surface area contributed by atoms with Crippen molar-refractivity contribution in [2.75, 3.05) is 0 Å². The van der Waals surface area contributed by atoms with Crippen molar-refractivity contribution in [1.82, 2.24) is 0 Å². The van der Waals surface area contributed by atoms with Crippen LogP contribution in [0, 0.1) is 0 Å². The minimum absolute atomic E-state index is 0. The molecule has 3 aromatic carbocycles. The number of benzene rings is 3. The molecule has 0 N–H and O–H groups in total. The third-order valence-corrected chi connectivity index (χ3v) is 5.39. The predicted octanol–water partition coefficient (Wildman–Crippen LogP) is 4.69. The number of halogens is 1. The Labute approximate surface area is 158 Å². The van der Waals surface area contributed by atoms with Crippen molar-refractivity contribution in [2.24, 2.45) is 0 Å². The molecular formula is C20H20AsI. The molecule has 0 amide bonds. The summed E-state index contributed by atoms with van der Waals surface area (Å²) >= 11 is 1.77. The third-order valence-electron chi connectivity index (χ3n) is 4.11. The van der Waals surface area contributed by atoms with E-state index in [0.717, 1.165) is 5.21 Å². The van der Waals surface area contributed by atoms with Gasteiger partial charge in [-0.25, -0.2) is 0 Å². The summed E-state index contributed by atoms with van der Waals surface area (Å²) in [4.78, 5) is 0. The molecule has 0 saturated heterocycles. The van der Waals surface area contributed by atoms with E-state index >= 15 is 0 Å². The van der Waals surface area contributed by atoms with Gasteiger partial charge in [-0.15, -0.1) is 24.0 Å². The van der Waals surface area contributed by atoms with Crippen LogP contribution < -0.4 is 0 Å². The summed E-state index contributed by atoms with van der Waals surface area (Å²) in [5.74, 6) is 0. The van der Waals surface area contributed by atoms with Crippen molar-refractivity contribution < 1.29 is 0 Å². The Morgan fingerprint density at radius 2 is 0.818 bits per heavy atom. The van der Waals surface area contributed by atoms with Crippen molar-refractivity contribution in [3.05, 3.63) is 108 Å². The van der Waals surface area contributed by atoms with Gasteiger partial charge in [0.15, 0.2) is 0 Å².